The lowest BCUT2D eigenvalue weighted by molar-refractivity contribution is -0.474. The monoisotopic (exact) mass is 1600 g/mol. The number of hydrogen-bond acceptors (Lipinski definition) is 25. The highest BCUT2D eigenvalue weighted by Gasteiger charge is 3.00. The van der Waals surface area contributed by atoms with Gasteiger partial charge in [0.25, 0.3) is 0 Å². The molecule has 112 heavy (non-hydrogen) atoms. The van der Waals surface area contributed by atoms with Gasteiger partial charge in [-0.05, 0) is 176 Å². The molecule has 36 atom stereocenters. The molecule has 0 aromatic heterocycles. The number of fused-ring (bicyclic) bond motifs is 8. The second-order valence-electron chi connectivity index (χ2n) is 42.7. The van der Waals surface area contributed by atoms with Gasteiger partial charge in [-0.25, -0.2) is 0 Å². The van der Waals surface area contributed by atoms with Gasteiger partial charge in [0, 0.05) is 47.3 Å². The Kier molecular flexibility index (Phi) is 14.2. The van der Waals surface area contributed by atoms with Gasteiger partial charge in [-0.3, -0.25) is 28.8 Å². The first kappa shape index (κ1) is 75.8. The molecular weight excluding hydrogens is 1490 g/mol. The number of hydrogen-bond donors (Lipinski definition) is 12. The molecule has 11 aliphatic heterocycles. The van der Waals surface area contributed by atoms with Gasteiger partial charge < -0.3 is 94.4 Å². The summed E-state index contributed by atoms with van der Waals surface area (Å²) in [5.74, 6) is -22.4. The Bertz CT molecular complexity index is 4570. The number of ketones is 6. The standard InChI is InChI=1S/C42H52O13.C42H52O12.CH2Cl2/c1-17-19-7-9-21-36-15-52-40(50,38(21,25(17)43)27(19)45)29(47)23(36)32(3,4)13-34(31(36)49)11-12-35-14-33(5,6)24-30(48)41(51)39-22(10-8-20(28(39)46)18(2)26(39)44)37(24,16-53-41)42(35,54-34)55-35;1-17-20-7-9-22-37-15-52-41(50,39(22,26(17)43)28(20)45)30(47)24(37)34(3,4)13-19-11-12-36(54-32(19)37)14-35(5,6)25-31(48)42(51)40-23(38(25,16-53-42)33(36)49)10-8-21(29(40)46)18(2)27(40)44;2-1-3/h19-24,27-30,45-48,50-51H,1-2,7-16H2,3-6H3;20-25,28-31,45-48,50-51H,1-2,7-16H2,3-6H3;1H2/t19-,20-,21-,22-,23+,24+,27+,28+,29-,30-,34+,35-,36-,37-,38-,39-,40+,41+,42-;20-,21-,22-,23-,24+,25+,28+,29+,30-,31-,36+,37-,38-,39-,40-,41+,42+;/m00./s1. The first-order chi connectivity index (χ1) is 52.1. The summed E-state index contributed by atoms with van der Waals surface area (Å²) in [4.78, 5) is 90.0. The lowest BCUT2D eigenvalue weighted by atomic mass is 9.33. The SMILES string of the molecule is C=C1C(=O)[C@]23[C@H](O)[C@H]1CC[C@H]2[C@@]12CO[C@]3(O)[C@@H](O)[C@@H]1C(C)(C)C[C@]1(CCC3=C(O1)[C@]14CO[C@](O)([C@@H](O)[C@@H]1C(C)(C)C3)[C@]13C(=O)C(=C)[C@H](CC[C@@H]41)[C@H]3O)C2=O.C=C1C(=O)[C@]23[C@H](O)[C@H]1CC[C@H]2[C@@]12CO[C@]3(O)[C@@H](O)[C@@H]1C(C)(C)C[C@]1(CC[C@]34CC(C)(C)[C@H]5[C@H](O)[C@@]6(O)OC[C@@]5([C@@H]5CC[C@H]7C(=C)C(=O)[C@]56[C@@H]7O)[C@@]3(O1)O4)C2=O.ClCCl. The minimum Gasteiger partial charge on any atom is -0.483 e. The van der Waals surface area contributed by atoms with Crippen LogP contribution in [0, 0.1) is 136 Å². The van der Waals surface area contributed by atoms with Crippen molar-refractivity contribution < 1.29 is 123 Å². The predicted octanol–water partition coefficient (Wildman–Crippen LogP) is 3.90. The second kappa shape index (κ2) is 21.0. The summed E-state index contributed by atoms with van der Waals surface area (Å²) in [6.07, 6.45) is -6.39. The zero-order valence-corrected chi connectivity index (χ0v) is 66.2. The molecule has 12 N–H and O–H groups in total. The fraction of sp³-hybridized carbons (Fsp3) is 0.812. The summed E-state index contributed by atoms with van der Waals surface area (Å²) in [5.41, 5.74) is -18.8. The van der Waals surface area contributed by atoms with E-state index in [0.717, 1.165) is 5.57 Å². The molecule has 10 saturated heterocycles. The number of ether oxygens (including phenoxy) is 7. The lowest BCUT2D eigenvalue weighted by Crippen LogP contribution is -2.89. The van der Waals surface area contributed by atoms with Crippen molar-refractivity contribution in [2.75, 3.05) is 31.8 Å². The smallest absolute Gasteiger partial charge is 0.208 e. The van der Waals surface area contributed by atoms with Gasteiger partial charge in [0.1, 0.15) is 63.0 Å². The number of Topliss-reactive ketones (excluding diaryl/α,β-unsaturated/α-hetero) is 6. The summed E-state index contributed by atoms with van der Waals surface area (Å²) in [6, 6.07) is 0. The molecule has 0 unspecified atom stereocenters. The highest BCUT2D eigenvalue weighted by Crippen LogP contribution is 2.89. The Morgan fingerprint density at radius 2 is 0.732 bits per heavy atom. The van der Waals surface area contributed by atoms with Crippen LogP contribution >= 0.6 is 23.2 Å². The van der Waals surface area contributed by atoms with Crippen LogP contribution in [0.4, 0.5) is 0 Å². The molecule has 25 nitrogen and oxygen atoms in total. The molecule has 27 rings (SSSR count). The van der Waals surface area contributed by atoms with Crippen molar-refractivity contribution in [2.24, 2.45) is 136 Å². The number of carbonyl (C=O) groups excluding carboxylic acids is 6. The van der Waals surface area contributed by atoms with E-state index in [1.165, 1.54) is 0 Å². The molecule has 0 aromatic carbocycles. The molecule has 11 heterocycles. The van der Waals surface area contributed by atoms with E-state index in [0.29, 0.717) is 82.8 Å². The highest BCUT2D eigenvalue weighted by atomic mass is 35.5. The van der Waals surface area contributed by atoms with E-state index in [9.17, 15) is 80.5 Å². The zero-order valence-electron chi connectivity index (χ0n) is 64.7. The molecule has 10 spiro atoms. The molecular formula is C85H106Cl2O25. The number of aliphatic hydroxyl groups is 12. The average Bonchev–Trinajstić information content (AvgIpc) is 1.41. The van der Waals surface area contributed by atoms with Gasteiger partial charge in [0.2, 0.25) is 28.9 Å². The van der Waals surface area contributed by atoms with Crippen molar-refractivity contribution >= 4 is 57.9 Å². The number of alkyl halides is 2. The third-order valence-electron chi connectivity index (χ3n) is 37.8. The minimum atomic E-state index is -2.44. The molecule has 16 bridgehead atoms. The van der Waals surface area contributed by atoms with Crippen LogP contribution in [0.25, 0.3) is 0 Å². The van der Waals surface area contributed by atoms with Gasteiger partial charge in [-0.2, -0.15) is 0 Å². The number of halogens is 2. The van der Waals surface area contributed by atoms with Gasteiger partial charge in [0.15, 0.2) is 40.3 Å². The van der Waals surface area contributed by atoms with Crippen LogP contribution in [0.15, 0.2) is 59.9 Å². The Morgan fingerprint density at radius 3 is 1.16 bits per heavy atom. The van der Waals surface area contributed by atoms with E-state index >= 15 is 9.59 Å². The zero-order chi connectivity index (χ0) is 80.3. The summed E-state index contributed by atoms with van der Waals surface area (Å²) in [7, 11) is 0. The molecule has 25 fully saturated rings. The Morgan fingerprint density at radius 1 is 0.393 bits per heavy atom. The maximum Gasteiger partial charge on any atom is 0.208 e. The fourth-order valence-electron chi connectivity index (χ4n) is 35.4. The maximum absolute atomic E-state index is 16.2. The highest BCUT2D eigenvalue weighted by molar-refractivity contribution is 6.40. The van der Waals surface area contributed by atoms with Crippen LogP contribution in [-0.4, -0.2) is 222 Å². The average molecular weight is 1600 g/mol. The Hall–Kier alpha value is -3.62. The third kappa shape index (κ3) is 6.85. The van der Waals surface area contributed by atoms with E-state index in [2.05, 4.69) is 26.3 Å². The first-order valence-corrected chi connectivity index (χ1v) is 42.1. The fourth-order valence-corrected chi connectivity index (χ4v) is 35.4. The van der Waals surface area contributed by atoms with Crippen molar-refractivity contribution in [1.29, 1.82) is 0 Å². The van der Waals surface area contributed by atoms with E-state index in [-0.39, 0.29) is 91.3 Å². The van der Waals surface area contributed by atoms with Crippen molar-refractivity contribution in [2.45, 2.75) is 253 Å². The topological polar surface area (TPSA) is 413 Å². The van der Waals surface area contributed by atoms with Crippen molar-refractivity contribution in [3.8, 4) is 0 Å². The van der Waals surface area contributed by atoms with E-state index in [1.807, 2.05) is 55.4 Å². The maximum atomic E-state index is 16.2. The minimum absolute atomic E-state index is 0.0940. The lowest BCUT2D eigenvalue weighted by Gasteiger charge is -2.76. The molecule has 27 aliphatic rings. The summed E-state index contributed by atoms with van der Waals surface area (Å²) in [5, 5.41) is 147. The summed E-state index contributed by atoms with van der Waals surface area (Å²) >= 11 is 9.53. The largest absolute Gasteiger partial charge is 0.483 e. The number of allylic oxidation sites excluding steroid dienone is 1. The van der Waals surface area contributed by atoms with E-state index < -0.39 is 254 Å². The number of epoxide rings is 1. The molecule has 0 radical (unpaired) electrons. The van der Waals surface area contributed by atoms with Crippen molar-refractivity contribution in [3.05, 3.63) is 59.9 Å². The van der Waals surface area contributed by atoms with Crippen LogP contribution in [0.5, 0.6) is 0 Å². The summed E-state index contributed by atoms with van der Waals surface area (Å²) in [6.45, 7) is 31.3. The van der Waals surface area contributed by atoms with Crippen LogP contribution in [-0.2, 0) is 61.9 Å². The van der Waals surface area contributed by atoms with Crippen LogP contribution < -0.4 is 0 Å². The number of rotatable bonds is 0. The molecule has 610 valence electrons. The van der Waals surface area contributed by atoms with Crippen LogP contribution in [0.2, 0.25) is 0 Å². The molecule has 0 aromatic rings. The number of aliphatic hydroxyl groups excluding tert-OH is 8. The quantitative estimate of drug-likeness (QED) is 0.0929. The molecule has 16 aliphatic carbocycles. The Labute approximate surface area is 658 Å². The molecule has 27 heteroatoms. The van der Waals surface area contributed by atoms with Crippen molar-refractivity contribution in [3.63, 3.8) is 0 Å². The summed E-state index contributed by atoms with van der Waals surface area (Å²) < 4.78 is 47.2. The van der Waals surface area contributed by atoms with Gasteiger partial charge >= 0.3 is 0 Å². The third-order valence-corrected chi connectivity index (χ3v) is 37.8. The Balaban J connectivity index is 0.000000137. The molecule has 0 amide bonds. The predicted molar refractivity (Wildman–Crippen MR) is 386 cm³/mol. The van der Waals surface area contributed by atoms with Crippen LogP contribution in [0.1, 0.15) is 158 Å². The number of carbonyl (C=O) groups is 6. The van der Waals surface area contributed by atoms with Crippen LogP contribution in [0.3, 0.4) is 0 Å². The van der Waals surface area contributed by atoms with Crippen molar-refractivity contribution in [1.82, 2.24) is 0 Å². The van der Waals surface area contributed by atoms with E-state index in [1.54, 1.807) is 0 Å². The van der Waals surface area contributed by atoms with E-state index in [4.69, 9.17) is 56.4 Å². The normalized spacial score (nSPS) is 60.6. The molecule has 15 saturated carbocycles. The van der Waals surface area contributed by atoms with Gasteiger partial charge in [0.05, 0.1) is 77.8 Å². The van der Waals surface area contributed by atoms with Gasteiger partial charge in [-0.15, -0.1) is 23.2 Å². The van der Waals surface area contributed by atoms with Gasteiger partial charge in [-0.1, -0.05) is 81.7 Å². The second-order valence-corrected chi connectivity index (χ2v) is 43.5. The first-order valence-electron chi connectivity index (χ1n) is 41.0.